The van der Waals surface area contributed by atoms with Gasteiger partial charge in [0.15, 0.2) is 5.41 Å². The number of halogens is 6. The number of carbonyl (C=O) groups is 1. The molecule has 7 heteroatoms. The first-order valence-corrected chi connectivity index (χ1v) is 7.33. The first-order valence-electron chi connectivity index (χ1n) is 7.33. The highest BCUT2D eigenvalue weighted by Gasteiger charge is 2.68. The van der Waals surface area contributed by atoms with Gasteiger partial charge in [0.25, 0.3) is 0 Å². The smallest absolute Gasteiger partial charge is 0.300 e. The molecule has 0 saturated carbocycles. The highest BCUT2D eigenvalue weighted by molar-refractivity contribution is 5.87. The Bertz CT molecular complexity index is 740. The van der Waals surface area contributed by atoms with Crippen molar-refractivity contribution < 1.29 is 31.1 Å². The van der Waals surface area contributed by atoms with Crippen molar-refractivity contribution in [3.8, 4) is 0 Å². The Kier molecular flexibility index (Phi) is 5.93. The molecule has 0 unspecified atom stereocenters. The Labute approximate surface area is 141 Å². The molecule has 0 aliphatic carbocycles. The number of carbonyl (C=O) groups excluding carboxylic acids is 1. The number of ketones is 1. The van der Waals surface area contributed by atoms with E-state index in [9.17, 15) is 31.1 Å². The molecule has 0 atom stereocenters. The second-order valence-corrected chi connectivity index (χ2v) is 5.99. The first-order chi connectivity index (χ1) is 11.2. The average molecular weight is 364 g/mol. The summed E-state index contributed by atoms with van der Waals surface area (Å²) in [7, 11) is 0. The molecular formula is C18H18F6O. The molecule has 0 amide bonds. The van der Waals surface area contributed by atoms with Crippen molar-refractivity contribution >= 4 is 16.6 Å². The van der Waals surface area contributed by atoms with Crippen LogP contribution in [0.3, 0.4) is 0 Å². The van der Waals surface area contributed by atoms with Crippen LogP contribution in [0.25, 0.3) is 10.8 Å². The lowest BCUT2D eigenvalue weighted by Gasteiger charge is -2.35. The minimum atomic E-state index is -5.43. The molecule has 0 aliphatic rings. The zero-order valence-electron chi connectivity index (χ0n) is 14.1. The van der Waals surface area contributed by atoms with Crippen LogP contribution in [-0.4, -0.2) is 18.1 Å². The van der Waals surface area contributed by atoms with Crippen LogP contribution in [-0.2, 0) is 10.2 Å². The fourth-order valence-corrected chi connectivity index (χ4v) is 2.43. The van der Waals surface area contributed by atoms with E-state index in [2.05, 4.69) is 0 Å². The van der Waals surface area contributed by atoms with E-state index in [0.29, 0.717) is 10.8 Å². The fraction of sp³-hybridized carbons (Fsp3) is 0.389. The van der Waals surface area contributed by atoms with Crippen LogP contribution in [0.1, 0.15) is 31.9 Å². The third kappa shape index (κ3) is 4.14. The number of aryl methyl sites for hydroxylation is 1. The summed E-state index contributed by atoms with van der Waals surface area (Å²) in [5, 5.41) is 0.986. The minimum Gasteiger partial charge on any atom is -0.300 e. The van der Waals surface area contributed by atoms with Gasteiger partial charge in [0.2, 0.25) is 0 Å². The van der Waals surface area contributed by atoms with E-state index in [-0.39, 0.29) is 18.3 Å². The van der Waals surface area contributed by atoms with Crippen LogP contribution >= 0.6 is 0 Å². The van der Waals surface area contributed by atoms with Crippen LogP contribution in [0, 0.1) is 6.92 Å². The highest BCUT2D eigenvalue weighted by atomic mass is 19.4. The van der Waals surface area contributed by atoms with Crippen molar-refractivity contribution in [3.05, 3.63) is 47.5 Å². The zero-order valence-corrected chi connectivity index (χ0v) is 14.1. The number of Topliss-reactive ketones (excluding diaryl/α,β-unsaturated/α-hetero) is 1. The number of hydrogen-bond acceptors (Lipinski definition) is 1. The third-order valence-corrected chi connectivity index (χ3v) is 3.87. The molecule has 0 spiro atoms. The molecule has 0 aromatic heterocycles. The Balaban J connectivity index is 0.000000705. The van der Waals surface area contributed by atoms with Gasteiger partial charge in [-0.1, -0.05) is 36.4 Å². The van der Waals surface area contributed by atoms with Gasteiger partial charge in [-0.3, -0.25) is 0 Å². The van der Waals surface area contributed by atoms with Gasteiger partial charge in [-0.05, 0) is 49.6 Å². The lowest BCUT2D eigenvalue weighted by molar-refractivity contribution is -0.297. The second-order valence-electron chi connectivity index (χ2n) is 5.99. The van der Waals surface area contributed by atoms with Crippen LogP contribution in [0.5, 0.6) is 0 Å². The summed E-state index contributed by atoms with van der Waals surface area (Å²) < 4.78 is 78.9. The summed E-state index contributed by atoms with van der Waals surface area (Å²) in [5.74, 6) is 0.167. The summed E-state index contributed by atoms with van der Waals surface area (Å²) in [5.41, 5.74) is -4.67. The van der Waals surface area contributed by atoms with E-state index < -0.39 is 23.3 Å². The van der Waals surface area contributed by atoms with Gasteiger partial charge < -0.3 is 4.79 Å². The van der Waals surface area contributed by atoms with Crippen molar-refractivity contribution in [2.24, 2.45) is 0 Å². The van der Waals surface area contributed by atoms with Crippen LogP contribution in [0.2, 0.25) is 0 Å². The molecule has 0 aliphatic heterocycles. The molecule has 2 aromatic carbocycles. The number of hydrogen-bond donors (Lipinski definition) is 0. The van der Waals surface area contributed by atoms with E-state index in [0.717, 1.165) is 6.07 Å². The van der Waals surface area contributed by atoms with Crippen molar-refractivity contribution in [2.45, 2.75) is 45.5 Å². The normalized spacial score (nSPS) is 12.6. The molecule has 0 N–H and O–H groups in total. The number of alkyl halides is 6. The summed E-state index contributed by atoms with van der Waals surface area (Å²) in [4.78, 5) is 9.44. The maximum atomic E-state index is 13.1. The lowest BCUT2D eigenvalue weighted by atomic mass is 9.77. The third-order valence-electron chi connectivity index (χ3n) is 3.87. The summed E-state index contributed by atoms with van der Waals surface area (Å²) in [6.45, 7) is 4.53. The van der Waals surface area contributed by atoms with Crippen molar-refractivity contribution in [1.29, 1.82) is 0 Å². The molecular weight excluding hydrogens is 346 g/mol. The van der Waals surface area contributed by atoms with Crippen molar-refractivity contribution in [3.63, 3.8) is 0 Å². The summed E-state index contributed by atoms with van der Waals surface area (Å²) >= 11 is 0. The SMILES string of the molecule is CC(C)=O.Cc1c(C(C)(C(F)(F)F)C(F)(F)F)ccc2ccccc12. The minimum absolute atomic E-state index is 0.00903. The average Bonchev–Trinajstić information content (AvgIpc) is 2.44. The van der Waals surface area contributed by atoms with Gasteiger partial charge in [0.1, 0.15) is 5.78 Å². The van der Waals surface area contributed by atoms with Crippen LogP contribution < -0.4 is 0 Å². The second kappa shape index (κ2) is 7.06. The topological polar surface area (TPSA) is 17.1 Å². The molecule has 0 radical (unpaired) electrons. The van der Waals surface area contributed by atoms with Gasteiger partial charge in [-0.2, -0.15) is 26.3 Å². The quantitative estimate of drug-likeness (QED) is 0.557. The molecule has 2 rings (SSSR count). The van der Waals surface area contributed by atoms with Gasteiger partial charge in [-0.15, -0.1) is 0 Å². The molecule has 2 aromatic rings. The molecule has 1 nitrogen and oxygen atoms in total. The molecule has 0 bridgehead atoms. The monoisotopic (exact) mass is 364 g/mol. The molecule has 0 fully saturated rings. The molecule has 0 heterocycles. The summed E-state index contributed by atoms with van der Waals surface area (Å²) in [6.07, 6.45) is -10.9. The van der Waals surface area contributed by atoms with E-state index in [4.69, 9.17) is 0 Å². The zero-order chi connectivity index (χ0) is 19.6. The van der Waals surface area contributed by atoms with E-state index >= 15 is 0 Å². The predicted molar refractivity (Wildman–Crippen MR) is 84.5 cm³/mol. The molecule has 138 valence electrons. The fourth-order valence-electron chi connectivity index (χ4n) is 2.43. The van der Waals surface area contributed by atoms with E-state index in [1.54, 1.807) is 18.2 Å². The Morgan fingerprint density at radius 3 is 1.72 bits per heavy atom. The van der Waals surface area contributed by atoms with Gasteiger partial charge >= 0.3 is 12.4 Å². The van der Waals surface area contributed by atoms with Gasteiger partial charge in [0, 0.05) is 0 Å². The Morgan fingerprint density at radius 2 is 1.28 bits per heavy atom. The standard InChI is InChI=1S/C15H12F6.C3H6O/c1-9-11-6-4-3-5-10(11)7-8-12(9)13(2,14(16,17)18)15(19,20)21;1-3(2)4/h3-8H,1-2H3;1-2H3. The van der Waals surface area contributed by atoms with Crippen LogP contribution in [0.4, 0.5) is 26.3 Å². The highest BCUT2D eigenvalue weighted by Crippen LogP contribution is 2.53. The lowest BCUT2D eigenvalue weighted by Crippen LogP contribution is -2.51. The maximum Gasteiger partial charge on any atom is 0.406 e. The summed E-state index contributed by atoms with van der Waals surface area (Å²) in [6, 6.07) is 8.61. The van der Waals surface area contributed by atoms with E-state index in [1.807, 2.05) is 0 Å². The molecule has 25 heavy (non-hydrogen) atoms. The van der Waals surface area contributed by atoms with E-state index in [1.165, 1.54) is 32.9 Å². The van der Waals surface area contributed by atoms with Gasteiger partial charge in [0.05, 0.1) is 0 Å². The van der Waals surface area contributed by atoms with Crippen molar-refractivity contribution in [2.75, 3.05) is 0 Å². The van der Waals surface area contributed by atoms with Crippen LogP contribution in [0.15, 0.2) is 36.4 Å². The number of rotatable bonds is 1. The van der Waals surface area contributed by atoms with Crippen molar-refractivity contribution in [1.82, 2.24) is 0 Å². The first kappa shape index (κ1) is 21.0. The molecule has 0 saturated heterocycles. The largest absolute Gasteiger partial charge is 0.406 e. The Hall–Kier alpha value is -2.05. The predicted octanol–water partition coefficient (Wildman–Crippen LogP) is 6.13. The Morgan fingerprint density at radius 1 is 0.840 bits per heavy atom. The number of fused-ring (bicyclic) bond motifs is 1. The van der Waals surface area contributed by atoms with Gasteiger partial charge in [-0.25, -0.2) is 0 Å². The maximum absolute atomic E-state index is 13.1. The number of benzene rings is 2.